The number of imidazole rings is 1. The molecular weight excluding hydrogens is 398 g/mol. The molecule has 0 N–H and O–H groups in total. The molecule has 0 atom stereocenters. The molecule has 4 rings (SSSR count). The Morgan fingerprint density at radius 1 is 1.17 bits per heavy atom. The fourth-order valence-electron chi connectivity index (χ4n) is 2.99. The van der Waals surface area contributed by atoms with E-state index in [4.69, 9.17) is 16.3 Å². The predicted molar refractivity (Wildman–Crippen MR) is 107 cm³/mol. The van der Waals surface area contributed by atoms with Crippen molar-refractivity contribution in [3.63, 3.8) is 0 Å². The minimum atomic E-state index is -0.579. The third-order valence-electron chi connectivity index (χ3n) is 4.35. The molecule has 0 aliphatic rings. The number of nitro benzene ring substituents is 1. The Morgan fingerprint density at radius 3 is 2.72 bits per heavy atom. The largest absolute Gasteiger partial charge is 0.471 e. The highest BCUT2D eigenvalue weighted by Crippen LogP contribution is 2.31. The van der Waals surface area contributed by atoms with Gasteiger partial charge in [-0.1, -0.05) is 23.7 Å². The van der Waals surface area contributed by atoms with E-state index in [9.17, 15) is 14.9 Å². The molecule has 4 aromatic rings. The molecule has 0 saturated carbocycles. The fourth-order valence-corrected chi connectivity index (χ4v) is 3.24. The van der Waals surface area contributed by atoms with Crippen LogP contribution in [0.25, 0.3) is 16.9 Å². The molecule has 9 nitrogen and oxygen atoms in total. The molecular formula is C19H14ClN5O4. The van der Waals surface area contributed by atoms with Crippen LogP contribution in [0.3, 0.4) is 0 Å². The minimum Gasteiger partial charge on any atom is -0.471 e. The van der Waals surface area contributed by atoms with E-state index in [1.54, 1.807) is 24.4 Å². The summed E-state index contributed by atoms with van der Waals surface area (Å²) in [6.45, 7) is 0.212. The molecule has 0 aliphatic heterocycles. The van der Waals surface area contributed by atoms with Crippen LogP contribution < -0.4 is 10.4 Å². The topological polar surface area (TPSA) is 105 Å². The summed E-state index contributed by atoms with van der Waals surface area (Å²) >= 11 is 6.21. The smallest absolute Gasteiger partial charge is 0.334 e. The fraction of sp³-hybridized carbons (Fsp3) is 0.105. The number of nitro groups is 1. The van der Waals surface area contributed by atoms with Gasteiger partial charge in [-0.2, -0.15) is 4.98 Å². The molecule has 0 fully saturated rings. The van der Waals surface area contributed by atoms with Crippen LogP contribution in [0.15, 0.2) is 59.5 Å². The van der Waals surface area contributed by atoms with Crippen LogP contribution in [0.1, 0.15) is 5.69 Å². The van der Waals surface area contributed by atoms with Crippen LogP contribution in [0.5, 0.6) is 5.88 Å². The van der Waals surface area contributed by atoms with E-state index in [1.165, 1.54) is 34.4 Å². The molecule has 10 heteroatoms. The van der Waals surface area contributed by atoms with Gasteiger partial charge in [-0.05, 0) is 24.3 Å². The first-order valence-electron chi connectivity index (χ1n) is 8.52. The summed E-state index contributed by atoms with van der Waals surface area (Å²) in [5, 5.41) is 11.5. The van der Waals surface area contributed by atoms with Gasteiger partial charge >= 0.3 is 5.69 Å². The van der Waals surface area contributed by atoms with Gasteiger partial charge in [-0.3, -0.25) is 24.2 Å². The molecule has 3 aromatic heterocycles. The maximum Gasteiger partial charge on any atom is 0.334 e. The van der Waals surface area contributed by atoms with Gasteiger partial charge in [0.2, 0.25) is 5.88 Å². The van der Waals surface area contributed by atoms with E-state index in [-0.39, 0.29) is 23.0 Å². The Morgan fingerprint density at radius 2 is 2.00 bits per heavy atom. The zero-order valence-electron chi connectivity index (χ0n) is 15.2. The zero-order valence-corrected chi connectivity index (χ0v) is 15.9. The highest BCUT2D eigenvalue weighted by Gasteiger charge is 2.24. The highest BCUT2D eigenvalue weighted by molar-refractivity contribution is 6.33. The maximum absolute atomic E-state index is 12.9. The van der Waals surface area contributed by atoms with Crippen LogP contribution in [0.2, 0.25) is 5.02 Å². The van der Waals surface area contributed by atoms with Crippen molar-refractivity contribution in [1.29, 1.82) is 0 Å². The monoisotopic (exact) mass is 411 g/mol. The predicted octanol–water partition coefficient (Wildman–Crippen LogP) is 3.26. The lowest BCUT2D eigenvalue weighted by atomic mass is 10.2. The Hall–Kier alpha value is -3.72. The number of ether oxygens (including phenoxy) is 1. The molecule has 0 spiro atoms. The van der Waals surface area contributed by atoms with E-state index in [2.05, 4.69) is 9.97 Å². The molecule has 29 heavy (non-hydrogen) atoms. The van der Waals surface area contributed by atoms with Gasteiger partial charge in [0.15, 0.2) is 5.65 Å². The summed E-state index contributed by atoms with van der Waals surface area (Å²) in [4.78, 5) is 32.3. The van der Waals surface area contributed by atoms with E-state index >= 15 is 0 Å². The lowest BCUT2D eigenvalue weighted by Crippen LogP contribution is -2.22. The molecule has 0 bridgehead atoms. The first-order valence-corrected chi connectivity index (χ1v) is 8.89. The SMILES string of the molecule is Cn1c(=O)n(-c2c(Cl)cccc2[N+](=O)[O-])c2ccc(OCc3ccccn3)nc21. The molecule has 146 valence electrons. The average molecular weight is 412 g/mol. The van der Waals surface area contributed by atoms with Gasteiger partial charge in [-0.15, -0.1) is 0 Å². The number of pyridine rings is 2. The second kappa shape index (κ2) is 7.36. The quantitative estimate of drug-likeness (QED) is 0.368. The number of aryl methyl sites for hydroxylation is 1. The van der Waals surface area contributed by atoms with Crippen molar-refractivity contribution in [3.8, 4) is 11.6 Å². The Labute approximate surface area is 168 Å². The molecule has 0 aliphatic carbocycles. The van der Waals surface area contributed by atoms with Crippen molar-refractivity contribution in [1.82, 2.24) is 19.1 Å². The minimum absolute atomic E-state index is 0.00118. The van der Waals surface area contributed by atoms with Crippen LogP contribution in [-0.4, -0.2) is 24.0 Å². The van der Waals surface area contributed by atoms with Gasteiger partial charge in [0.25, 0.3) is 5.69 Å². The van der Waals surface area contributed by atoms with E-state index < -0.39 is 10.6 Å². The first kappa shape index (κ1) is 18.6. The van der Waals surface area contributed by atoms with Gasteiger partial charge in [0.1, 0.15) is 12.3 Å². The summed E-state index contributed by atoms with van der Waals surface area (Å²) in [5.74, 6) is 0.296. The van der Waals surface area contributed by atoms with Crippen molar-refractivity contribution in [2.45, 2.75) is 6.61 Å². The number of benzene rings is 1. The standard InChI is InChI=1S/C19H14ClN5O4/c1-23-18-15(8-9-16(22-18)29-11-12-5-2-3-10-21-12)24(19(23)26)17-13(20)6-4-7-14(17)25(27)28/h2-10H,11H2,1H3. The van der Waals surface area contributed by atoms with Crippen LogP contribution >= 0.6 is 11.6 Å². The molecule has 1 aromatic carbocycles. The highest BCUT2D eigenvalue weighted by atomic mass is 35.5. The summed E-state index contributed by atoms with van der Waals surface area (Å²) in [6.07, 6.45) is 1.66. The van der Waals surface area contributed by atoms with Crippen molar-refractivity contribution in [2.75, 3.05) is 0 Å². The van der Waals surface area contributed by atoms with E-state index in [1.807, 2.05) is 12.1 Å². The number of hydrogen-bond donors (Lipinski definition) is 0. The molecule has 3 heterocycles. The van der Waals surface area contributed by atoms with Crippen LogP contribution in [-0.2, 0) is 13.7 Å². The van der Waals surface area contributed by atoms with Crippen molar-refractivity contribution >= 4 is 28.5 Å². The lowest BCUT2D eigenvalue weighted by molar-refractivity contribution is -0.384. The second-order valence-electron chi connectivity index (χ2n) is 6.14. The Kier molecular flexibility index (Phi) is 4.73. The summed E-state index contributed by atoms with van der Waals surface area (Å²) in [6, 6.07) is 12.9. The number of rotatable bonds is 5. The number of aromatic nitrogens is 4. The number of fused-ring (bicyclic) bond motifs is 1. The van der Waals surface area contributed by atoms with E-state index in [0.717, 1.165) is 5.69 Å². The summed E-state index contributed by atoms with van der Waals surface area (Å²) < 4.78 is 8.14. The van der Waals surface area contributed by atoms with Crippen molar-refractivity contribution in [2.24, 2.45) is 7.05 Å². The Balaban J connectivity index is 1.81. The summed E-state index contributed by atoms with van der Waals surface area (Å²) in [5.41, 5.74) is 0.626. The molecule has 0 amide bonds. The Bertz CT molecular complexity index is 1280. The van der Waals surface area contributed by atoms with Gasteiger partial charge in [0.05, 0.1) is 21.2 Å². The lowest BCUT2D eigenvalue weighted by Gasteiger charge is -2.07. The second-order valence-corrected chi connectivity index (χ2v) is 6.55. The number of halogens is 1. The molecule has 0 saturated heterocycles. The molecule has 0 unspecified atom stereocenters. The number of hydrogen-bond acceptors (Lipinski definition) is 6. The van der Waals surface area contributed by atoms with Crippen LogP contribution in [0.4, 0.5) is 5.69 Å². The van der Waals surface area contributed by atoms with E-state index in [0.29, 0.717) is 17.0 Å². The average Bonchev–Trinajstić information content (AvgIpc) is 2.97. The third-order valence-corrected chi connectivity index (χ3v) is 4.65. The van der Waals surface area contributed by atoms with Gasteiger partial charge < -0.3 is 4.74 Å². The normalized spacial score (nSPS) is 11.0. The van der Waals surface area contributed by atoms with Gasteiger partial charge in [0, 0.05) is 25.4 Å². The van der Waals surface area contributed by atoms with Crippen LogP contribution in [0, 0.1) is 10.1 Å². The van der Waals surface area contributed by atoms with Crippen molar-refractivity contribution < 1.29 is 9.66 Å². The molecule has 0 radical (unpaired) electrons. The number of nitrogens with zero attached hydrogens (tertiary/aromatic N) is 5. The number of para-hydroxylation sites is 1. The zero-order chi connectivity index (χ0) is 20.5. The van der Waals surface area contributed by atoms with Crippen molar-refractivity contribution in [3.05, 3.63) is 86.0 Å². The third kappa shape index (κ3) is 3.32. The van der Waals surface area contributed by atoms with Gasteiger partial charge in [-0.25, -0.2) is 4.79 Å². The summed E-state index contributed by atoms with van der Waals surface area (Å²) in [7, 11) is 1.53. The maximum atomic E-state index is 12.9. The first-order chi connectivity index (χ1) is 14.0.